The summed E-state index contributed by atoms with van der Waals surface area (Å²) in [6.45, 7) is 1.66. The largest absolute Gasteiger partial charge is 0.206 e. The summed E-state index contributed by atoms with van der Waals surface area (Å²) < 4.78 is 13.6. The molecule has 0 radical (unpaired) electrons. The van der Waals surface area contributed by atoms with Crippen LogP contribution in [0.1, 0.15) is 12.5 Å². The van der Waals surface area contributed by atoms with Crippen molar-refractivity contribution in [2.45, 2.75) is 6.92 Å². The van der Waals surface area contributed by atoms with Crippen molar-refractivity contribution in [3.63, 3.8) is 0 Å². The number of hydrogen-bond donors (Lipinski definition) is 0. The molecule has 0 aromatic heterocycles. The Morgan fingerprint density at radius 3 is 2.32 bits per heavy atom. The fraction of sp³-hybridized carbons (Fsp3) is 0.0625. The van der Waals surface area contributed by atoms with Gasteiger partial charge in [0.05, 0.1) is 11.1 Å². The summed E-state index contributed by atoms with van der Waals surface area (Å²) in [6, 6.07) is 15.8. The summed E-state index contributed by atoms with van der Waals surface area (Å²) in [6.07, 6.45) is 0. The Bertz CT molecular complexity index is 666. The van der Waals surface area contributed by atoms with Crippen molar-refractivity contribution in [2.75, 3.05) is 0 Å². The summed E-state index contributed by atoms with van der Waals surface area (Å²) in [7, 11) is 0. The number of benzene rings is 2. The Kier molecular flexibility index (Phi) is 3.99. The third kappa shape index (κ3) is 2.83. The molecule has 0 heterocycles. The second-order valence-electron chi connectivity index (χ2n) is 4.11. The summed E-state index contributed by atoms with van der Waals surface area (Å²) in [5.74, 6) is -0.259. The number of allylic oxidation sites excluding steroid dienone is 1. The van der Waals surface area contributed by atoms with E-state index in [-0.39, 0.29) is 5.82 Å². The molecular formula is C16H11ClFN. The Balaban J connectivity index is 2.41. The minimum absolute atomic E-state index is 0.259. The highest BCUT2D eigenvalue weighted by molar-refractivity contribution is 6.49. The molecule has 94 valence electrons. The zero-order valence-electron chi connectivity index (χ0n) is 10.3. The van der Waals surface area contributed by atoms with Crippen LogP contribution in [0.3, 0.4) is 0 Å². The lowest BCUT2D eigenvalue weighted by molar-refractivity contribution is 0.631. The van der Waals surface area contributed by atoms with Crippen molar-refractivity contribution in [2.24, 2.45) is 0 Å². The maximum Gasteiger partial charge on any atom is 0.131 e. The van der Waals surface area contributed by atoms with E-state index in [1.54, 1.807) is 49.4 Å². The van der Waals surface area contributed by atoms with Crippen LogP contribution in [0.4, 0.5) is 4.39 Å². The fourth-order valence-electron chi connectivity index (χ4n) is 1.76. The van der Waals surface area contributed by atoms with Crippen molar-refractivity contribution >= 4 is 16.6 Å². The molecule has 1 nitrogen and oxygen atoms in total. The summed E-state index contributed by atoms with van der Waals surface area (Å²) in [5, 5.41) is 9.21. The molecule has 0 bridgehead atoms. The summed E-state index contributed by atoms with van der Waals surface area (Å²) in [4.78, 5) is 0. The minimum Gasteiger partial charge on any atom is -0.206 e. The van der Waals surface area contributed by atoms with E-state index < -0.39 is 0 Å². The van der Waals surface area contributed by atoms with E-state index in [9.17, 15) is 4.39 Å². The first-order chi connectivity index (χ1) is 9.13. The van der Waals surface area contributed by atoms with E-state index in [1.165, 1.54) is 6.07 Å². The maximum absolute atomic E-state index is 13.6. The second kappa shape index (κ2) is 5.69. The van der Waals surface area contributed by atoms with E-state index in [0.717, 1.165) is 11.1 Å². The van der Waals surface area contributed by atoms with Gasteiger partial charge in [-0.2, -0.15) is 5.26 Å². The summed E-state index contributed by atoms with van der Waals surface area (Å²) in [5.41, 5.74) is 2.54. The van der Waals surface area contributed by atoms with Gasteiger partial charge in [0.15, 0.2) is 0 Å². The van der Waals surface area contributed by atoms with Gasteiger partial charge in [-0.3, -0.25) is 0 Å². The molecule has 0 unspecified atom stereocenters. The van der Waals surface area contributed by atoms with Gasteiger partial charge in [-0.25, -0.2) is 4.39 Å². The van der Waals surface area contributed by atoms with Gasteiger partial charge >= 0.3 is 0 Å². The van der Waals surface area contributed by atoms with Crippen LogP contribution in [0.15, 0.2) is 54.1 Å². The topological polar surface area (TPSA) is 23.8 Å². The SMILES string of the molecule is CC(C#N)=C(Cl)c1ccc(-c2ccccc2F)cc1. The van der Waals surface area contributed by atoms with Crippen LogP contribution in [0.5, 0.6) is 0 Å². The molecule has 0 fully saturated rings. The zero-order chi connectivity index (χ0) is 13.8. The molecule has 0 aliphatic rings. The van der Waals surface area contributed by atoms with Gasteiger partial charge in [0.1, 0.15) is 5.82 Å². The molecule has 3 heteroatoms. The van der Waals surface area contributed by atoms with Gasteiger partial charge in [-0.1, -0.05) is 54.1 Å². The van der Waals surface area contributed by atoms with Gasteiger partial charge in [0.2, 0.25) is 0 Å². The minimum atomic E-state index is -0.259. The number of halogens is 2. The number of hydrogen-bond acceptors (Lipinski definition) is 1. The normalized spacial score (nSPS) is 11.7. The average molecular weight is 272 g/mol. The lowest BCUT2D eigenvalue weighted by atomic mass is 10.0. The molecule has 0 atom stereocenters. The molecule has 2 rings (SSSR count). The predicted molar refractivity (Wildman–Crippen MR) is 75.9 cm³/mol. The highest BCUT2D eigenvalue weighted by Crippen LogP contribution is 2.27. The second-order valence-corrected chi connectivity index (χ2v) is 4.49. The molecule has 0 spiro atoms. The molecule has 0 saturated heterocycles. The highest BCUT2D eigenvalue weighted by atomic mass is 35.5. The van der Waals surface area contributed by atoms with E-state index >= 15 is 0 Å². The maximum atomic E-state index is 13.6. The van der Waals surface area contributed by atoms with Crippen LogP contribution in [-0.2, 0) is 0 Å². The Labute approximate surface area is 116 Å². The average Bonchev–Trinajstić information content (AvgIpc) is 2.46. The van der Waals surface area contributed by atoms with Crippen LogP contribution < -0.4 is 0 Å². The van der Waals surface area contributed by atoms with Crippen LogP contribution in [0, 0.1) is 17.1 Å². The van der Waals surface area contributed by atoms with Crippen LogP contribution >= 0.6 is 11.6 Å². The lowest BCUT2D eigenvalue weighted by Crippen LogP contribution is -1.85. The van der Waals surface area contributed by atoms with Crippen LogP contribution in [0.2, 0.25) is 0 Å². The van der Waals surface area contributed by atoms with Crippen LogP contribution in [-0.4, -0.2) is 0 Å². The zero-order valence-corrected chi connectivity index (χ0v) is 11.1. The van der Waals surface area contributed by atoms with E-state index in [1.807, 2.05) is 6.07 Å². The van der Waals surface area contributed by atoms with Crippen molar-refractivity contribution in [1.82, 2.24) is 0 Å². The molecule has 0 amide bonds. The Hall–Kier alpha value is -2.11. The first-order valence-electron chi connectivity index (χ1n) is 5.75. The standard InChI is InChI=1S/C16H11ClFN/c1-11(10-19)16(17)13-8-6-12(7-9-13)14-4-2-3-5-15(14)18/h2-9H,1H3. The quantitative estimate of drug-likeness (QED) is 0.706. The van der Waals surface area contributed by atoms with Gasteiger partial charge < -0.3 is 0 Å². The van der Waals surface area contributed by atoms with E-state index in [0.29, 0.717) is 16.2 Å². The first kappa shape index (κ1) is 13.3. The third-order valence-corrected chi connectivity index (χ3v) is 3.32. The molecule has 0 aliphatic carbocycles. The van der Waals surface area contributed by atoms with Gasteiger partial charge in [-0.05, 0) is 24.1 Å². The van der Waals surface area contributed by atoms with Crippen molar-refractivity contribution in [3.05, 3.63) is 65.5 Å². The molecule has 0 N–H and O–H groups in total. The van der Waals surface area contributed by atoms with Crippen molar-refractivity contribution in [1.29, 1.82) is 5.26 Å². The third-order valence-electron chi connectivity index (χ3n) is 2.82. The van der Waals surface area contributed by atoms with E-state index in [4.69, 9.17) is 16.9 Å². The Morgan fingerprint density at radius 1 is 1.11 bits per heavy atom. The predicted octanol–water partition coefficient (Wildman–Crippen LogP) is 4.99. The van der Waals surface area contributed by atoms with Crippen LogP contribution in [0.25, 0.3) is 16.2 Å². The Morgan fingerprint density at radius 2 is 1.74 bits per heavy atom. The van der Waals surface area contributed by atoms with Gasteiger partial charge in [0, 0.05) is 11.1 Å². The van der Waals surface area contributed by atoms with Gasteiger partial charge in [-0.15, -0.1) is 0 Å². The number of rotatable bonds is 2. The van der Waals surface area contributed by atoms with Crippen molar-refractivity contribution < 1.29 is 4.39 Å². The molecule has 2 aromatic carbocycles. The number of nitrogens with zero attached hydrogens (tertiary/aromatic N) is 1. The molecular weight excluding hydrogens is 261 g/mol. The number of nitriles is 1. The smallest absolute Gasteiger partial charge is 0.131 e. The molecule has 19 heavy (non-hydrogen) atoms. The van der Waals surface area contributed by atoms with Crippen molar-refractivity contribution in [3.8, 4) is 17.2 Å². The fourth-order valence-corrected chi connectivity index (χ4v) is 1.93. The van der Waals surface area contributed by atoms with E-state index in [2.05, 4.69) is 0 Å². The highest BCUT2D eigenvalue weighted by Gasteiger charge is 2.06. The molecule has 0 saturated carbocycles. The monoisotopic (exact) mass is 271 g/mol. The first-order valence-corrected chi connectivity index (χ1v) is 6.13. The van der Waals surface area contributed by atoms with Gasteiger partial charge in [0.25, 0.3) is 0 Å². The molecule has 2 aromatic rings. The molecule has 0 aliphatic heterocycles. The summed E-state index contributed by atoms with van der Waals surface area (Å²) >= 11 is 6.07. The lowest BCUT2D eigenvalue weighted by Gasteiger charge is -2.05.